The lowest BCUT2D eigenvalue weighted by Gasteiger charge is -2.17. The van der Waals surface area contributed by atoms with Crippen LogP contribution in [0.5, 0.6) is 0 Å². The van der Waals surface area contributed by atoms with Gasteiger partial charge >= 0.3 is 6.03 Å². The quantitative estimate of drug-likeness (QED) is 0.793. The van der Waals surface area contributed by atoms with Gasteiger partial charge in [0, 0.05) is 17.5 Å². The molecule has 1 heterocycles. The summed E-state index contributed by atoms with van der Waals surface area (Å²) < 4.78 is 0. The Bertz CT molecular complexity index is 641. The fourth-order valence-corrected chi connectivity index (χ4v) is 3.09. The second-order valence-corrected chi connectivity index (χ2v) is 6.06. The summed E-state index contributed by atoms with van der Waals surface area (Å²) >= 11 is 1.41. The van der Waals surface area contributed by atoms with Gasteiger partial charge in [0.1, 0.15) is 0 Å². The largest absolute Gasteiger partial charge is 0.390 e. The molecule has 2 amide bonds. The number of aliphatic hydroxyl groups excluding tert-OH is 1. The first-order valence-corrected chi connectivity index (χ1v) is 7.21. The van der Waals surface area contributed by atoms with Gasteiger partial charge in [0.25, 0.3) is 0 Å². The van der Waals surface area contributed by atoms with Crippen molar-refractivity contribution in [1.82, 2.24) is 10.3 Å². The van der Waals surface area contributed by atoms with E-state index in [1.165, 1.54) is 11.3 Å². The van der Waals surface area contributed by atoms with Crippen LogP contribution in [0.25, 0.3) is 0 Å². The number of aryl methyl sites for hydroxylation is 1. The van der Waals surface area contributed by atoms with Gasteiger partial charge in [-0.3, -0.25) is 5.32 Å². The number of carbonyl (C=O) groups excluding carboxylic acids is 1. The van der Waals surface area contributed by atoms with E-state index in [0.717, 1.165) is 16.0 Å². The molecule has 2 aromatic rings. The van der Waals surface area contributed by atoms with E-state index >= 15 is 0 Å². The summed E-state index contributed by atoms with van der Waals surface area (Å²) in [4.78, 5) is 17.1. The molecule has 0 aliphatic heterocycles. The number of nitrogens with one attached hydrogen (secondary N) is 2. The van der Waals surface area contributed by atoms with Gasteiger partial charge in [-0.1, -0.05) is 24.3 Å². The zero-order valence-electron chi connectivity index (χ0n) is 11.0. The van der Waals surface area contributed by atoms with Crippen LogP contribution in [0.1, 0.15) is 22.0 Å². The first-order valence-electron chi connectivity index (χ1n) is 6.39. The van der Waals surface area contributed by atoms with Crippen LogP contribution in [-0.4, -0.2) is 22.2 Å². The van der Waals surface area contributed by atoms with Crippen LogP contribution in [0.3, 0.4) is 0 Å². The Morgan fingerprint density at radius 2 is 2.25 bits per heavy atom. The Kier molecular flexibility index (Phi) is 3.42. The number of carbonyl (C=O) groups is 1. The molecule has 5 nitrogen and oxygen atoms in total. The van der Waals surface area contributed by atoms with Crippen LogP contribution in [0.15, 0.2) is 30.5 Å². The number of hydrogen-bond acceptors (Lipinski definition) is 4. The van der Waals surface area contributed by atoms with Crippen LogP contribution < -0.4 is 10.6 Å². The van der Waals surface area contributed by atoms with E-state index in [0.29, 0.717) is 11.6 Å². The van der Waals surface area contributed by atoms with Gasteiger partial charge in [0.05, 0.1) is 12.1 Å². The fourth-order valence-electron chi connectivity index (χ4n) is 2.43. The van der Waals surface area contributed by atoms with Crippen molar-refractivity contribution in [2.75, 3.05) is 5.32 Å². The monoisotopic (exact) mass is 289 g/mol. The van der Waals surface area contributed by atoms with Crippen molar-refractivity contribution >= 4 is 22.5 Å². The number of urea groups is 1. The molecule has 104 valence electrons. The lowest BCUT2D eigenvalue weighted by atomic mass is 10.1. The second-order valence-electron chi connectivity index (χ2n) is 4.82. The molecule has 0 fully saturated rings. The van der Waals surface area contributed by atoms with Crippen LogP contribution in [0, 0.1) is 6.92 Å². The molecular formula is C14H15N3O2S. The predicted octanol–water partition coefficient (Wildman–Crippen LogP) is 2.23. The SMILES string of the molecule is Cc1cnc(NC(=O)N[C@H]2c3ccccc3C[C@H]2O)s1. The number of rotatable bonds is 2. The van der Waals surface area contributed by atoms with Gasteiger partial charge in [0.15, 0.2) is 5.13 Å². The topological polar surface area (TPSA) is 74.2 Å². The maximum Gasteiger partial charge on any atom is 0.321 e. The average molecular weight is 289 g/mol. The highest BCUT2D eigenvalue weighted by molar-refractivity contribution is 7.15. The number of hydrogen-bond donors (Lipinski definition) is 3. The lowest BCUT2D eigenvalue weighted by Crippen LogP contribution is -2.36. The molecule has 1 aliphatic rings. The molecule has 6 heteroatoms. The van der Waals surface area contributed by atoms with E-state index in [1.807, 2.05) is 31.2 Å². The molecule has 0 saturated carbocycles. The smallest absolute Gasteiger partial charge is 0.321 e. The number of aliphatic hydroxyl groups is 1. The van der Waals surface area contributed by atoms with Crippen molar-refractivity contribution in [3.63, 3.8) is 0 Å². The van der Waals surface area contributed by atoms with Gasteiger partial charge in [-0.15, -0.1) is 11.3 Å². The molecule has 0 spiro atoms. The van der Waals surface area contributed by atoms with E-state index in [4.69, 9.17) is 0 Å². The number of thiazole rings is 1. The maximum absolute atomic E-state index is 12.0. The van der Waals surface area contributed by atoms with Crippen LogP contribution in [-0.2, 0) is 6.42 Å². The number of benzene rings is 1. The molecule has 0 bridgehead atoms. The fraction of sp³-hybridized carbons (Fsp3) is 0.286. The third-order valence-corrected chi connectivity index (χ3v) is 4.16. The van der Waals surface area contributed by atoms with E-state index in [2.05, 4.69) is 15.6 Å². The summed E-state index contributed by atoms with van der Waals surface area (Å²) in [5.74, 6) is 0. The van der Waals surface area contributed by atoms with E-state index in [1.54, 1.807) is 6.20 Å². The van der Waals surface area contributed by atoms with Gasteiger partial charge in [-0.25, -0.2) is 9.78 Å². The van der Waals surface area contributed by atoms with Crippen molar-refractivity contribution in [3.8, 4) is 0 Å². The molecule has 3 rings (SSSR count). The second kappa shape index (κ2) is 5.22. The third kappa shape index (κ3) is 2.52. The van der Waals surface area contributed by atoms with Crippen molar-refractivity contribution in [2.45, 2.75) is 25.5 Å². The Morgan fingerprint density at radius 3 is 3.00 bits per heavy atom. The third-order valence-electron chi connectivity index (χ3n) is 3.33. The number of fused-ring (bicyclic) bond motifs is 1. The first kappa shape index (κ1) is 13.1. The molecule has 1 aromatic carbocycles. The minimum absolute atomic E-state index is 0.347. The standard InChI is InChI=1S/C14H15N3O2S/c1-8-7-15-14(20-8)17-13(19)16-12-10-5-3-2-4-9(10)6-11(12)18/h2-5,7,11-12,18H,6H2,1H3,(H2,15,16,17,19)/t11-,12+/m1/s1. The predicted molar refractivity (Wildman–Crippen MR) is 77.9 cm³/mol. The molecule has 0 radical (unpaired) electrons. The van der Waals surface area contributed by atoms with Crippen molar-refractivity contribution in [2.24, 2.45) is 0 Å². The van der Waals surface area contributed by atoms with Gasteiger partial charge in [-0.2, -0.15) is 0 Å². The highest BCUT2D eigenvalue weighted by Gasteiger charge is 2.31. The van der Waals surface area contributed by atoms with Gasteiger partial charge in [-0.05, 0) is 18.1 Å². The first-order chi connectivity index (χ1) is 9.63. The summed E-state index contributed by atoms with van der Waals surface area (Å²) in [6.07, 6.45) is 1.69. The Hall–Kier alpha value is -1.92. The Balaban J connectivity index is 1.70. The number of aromatic nitrogens is 1. The molecule has 0 unspecified atom stereocenters. The van der Waals surface area contributed by atoms with Crippen molar-refractivity contribution in [3.05, 3.63) is 46.5 Å². The van der Waals surface area contributed by atoms with Gasteiger partial charge < -0.3 is 10.4 Å². The van der Waals surface area contributed by atoms with E-state index in [-0.39, 0.29) is 12.1 Å². The molecular weight excluding hydrogens is 274 g/mol. The van der Waals surface area contributed by atoms with Crippen LogP contribution in [0.2, 0.25) is 0 Å². The number of anilines is 1. The van der Waals surface area contributed by atoms with Crippen LogP contribution in [0.4, 0.5) is 9.93 Å². The zero-order valence-corrected chi connectivity index (χ0v) is 11.8. The minimum Gasteiger partial charge on any atom is -0.390 e. The minimum atomic E-state index is -0.587. The summed E-state index contributed by atoms with van der Waals surface area (Å²) in [6.45, 7) is 1.93. The molecule has 1 aromatic heterocycles. The number of amides is 2. The van der Waals surface area contributed by atoms with Gasteiger partial charge in [0.2, 0.25) is 0 Å². The highest BCUT2D eigenvalue weighted by atomic mass is 32.1. The molecule has 0 saturated heterocycles. The van der Waals surface area contributed by atoms with E-state index in [9.17, 15) is 9.90 Å². The molecule has 1 aliphatic carbocycles. The molecule has 20 heavy (non-hydrogen) atoms. The normalized spacial score (nSPS) is 20.5. The summed E-state index contributed by atoms with van der Waals surface area (Å²) in [7, 11) is 0. The summed E-state index contributed by atoms with van der Waals surface area (Å²) in [6, 6.07) is 7.04. The van der Waals surface area contributed by atoms with Crippen molar-refractivity contribution in [1.29, 1.82) is 0 Å². The lowest BCUT2D eigenvalue weighted by molar-refractivity contribution is 0.144. The molecule has 3 N–H and O–H groups in total. The molecule has 2 atom stereocenters. The summed E-state index contributed by atoms with van der Waals surface area (Å²) in [5.41, 5.74) is 2.06. The zero-order chi connectivity index (χ0) is 14.1. The maximum atomic E-state index is 12.0. The van der Waals surface area contributed by atoms with Crippen LogP contribution >= 0.6 is 11.3 Å². The Morgan fingerprint density at radius 1 is 1.45 bits per heavy atom. The van der Waals surface area contributed by atoms with E-state index < -0.39 is 6.10 Å². The summed E-state index contributed by atoms with van der Waals surface area (Å²) in [5, 5.41) is 16.1. The highest BCUT2D eigenvalue weighted by Crippen LogP contribution is 2.31. The number of nitrogens with zero attached hydrogens (tertiary/aromatic N) is 1. The Labute approximate surface area is 120 Å². The van der Waals surface area contributed by atoms with Crippen molar-refractivity contribution < 1.29 is 9.90 Å². The average Bonchev–Trinajstić information content (AvgIpc) is 2.94.